The Balaban J connectivity index is 2.27. The lowest BCUT2D eigenvalue weighted by Gasteiger charge is -2.08. The van der Waals surface area contributed by atoms with Crippen molar-refractivity contribution >= 4 is 35.1 Å². The van der Waals surface area contributed by atoms with Crippen LogP contribution in [0.4, 0.5) is 0 Å². The van der Waals surface area contributed by atoms with E-state index in [2.05, 4.69) is 0 Å². The molecule has 3 nitrogen and oxygen atoms in total. The van der Waals surface area contributed by atoms with Gasteiger partial charge in [-0.05, 0) is 42.8 Å². The Hall–Kier alpha value is -1.97. The highest BCUT2D eigenvalue weighted by molar-refractivity contribution is 6.34. The molecule has 22 heavy (non-hydrogen) atoms. The van der Waals surface area contributed by atoms with Gasteiger partial charge in [0.15, 0.2) is 17.3 Å². The predicted molar refractivity (Wildman–Crippen MR) is 89.1 cm³/mol. The molecular weight excluding hydrogens is 323 g/mol. The van der Waals surface area contributed by atoms with Gasteiger partial charge in [0.1, 0.15) is 0 Å². The minimum atomic E-state index is -0.215. The van der Waals surface area contributed by atoms with Crippen molar-refractivity contribution in [2.24, 2.45) is 0 Å². The van der Waals surface area contributed by atoms with Gasteiger partial charge < -0.3 is 9.84 Å². The van der Waals surface area contributed by atoms with Crippen LogP contribution < -0.4 is 4.74 Å². The van der Waals surface area contributed by atoms with Crippen molar-refractivity contribution in [3.8, 4) is 11.5 Å². The van der Waals surface area contributed by atoms with Gasteiger partial charge in [-0.15, -0.1) is 0 Å². The maximum atomic E-state index is 12.1. The van der Waals surface area contributed by atoms with E-state index in [1.54, 1.807) is 49.4 Å². The van der Waals surface area contributed by atoms with E-state index in [4.69, 9.17) is 27.9 Å². The van der Waals surface area contributed by atoms with Gasteiger partial charge in [-0.1, -0.05) is 41.4 Å². The Labute approximate surface area is 138 Å². The second kappa shape index (κ2) is 7.34. The average molecular weight is 337 g/mol. The summed E-state index contributed by atoms with van der Waals surface area (Å²) in [6.07, 6.45) is 3.00. The van der Waals surface area contributed by atoms with Gasteiger partial charge in [-0.3, -0.25) is 4.79 Å². The zero-order valence-electron chi connectivity index (χ0n) is 11.8. The number of benzene rings is 2. The normalized spacial score (nSPS) is 10.9. The van der Waals surface area contributed by atoms with Gasteiger partial charge in [0.2, 0.25) is 0 Å². The molecule has 0 aliphatic heterocycles. The quantitative estimate of drug-likeness (QED) is 0.617. The van der Waals surface area contributed by atoms with Crippen LogP contribution in [0.3, 0.4) is 0 Å². The van der Waals surface area contributed by atoms with Crippen LogP contribution in [0.1, 0.15) is 22.8 Å². The Morgan fingerprint density at radius 2 is 1.95 bits per heavy atom. The van der Waals surface area contributed by atoms with Crippen LogP contribution in [0.15, 0.2) is 42.5 Å². The largest absolute Gasteiger partial charge is 0.503 e. The lowest BCUT2D eigenvalue weighted by atomic mass is 10.1. The van der Waals surface area contributed by atoms with E-state index in [-0.39, 0.29) is 22.3 Å². The number of ether oxygens (including phenoxy) is 1. The molecule has 0 radical (unpaired) electrons. The number of phenolic OH excluding ortho intramolecular Hbond substituents is 1. The number of hydrogen-bond acceptors (Lipinski definition) is 3. The molecule has 0 spiro atoms. The summed E-state index contributed by atoms with van der Waals surface area (Å²) in [4.78, 5) is 12.1. The predicted octanol–water partition coefficient (Wildman–Crippen LogP) is 4.99. The van der Waals surface area contributed by atoms with Gasteiger partial charge >= 0.3 is 0 Å². The van der Waals surface area contributed by atoms with Gasteiger partial charge in [0.25, 0.3) is 0 Å². The first kappa shape index (κ1) is 16.4. The van der Waals surface area contributed by atoms with E-state index in [1.165, 1.54) is 6.08 Å². The second-order valence-electron chi connectivity index (χ2n) is 4.46. The van der Waals surface area contributed by atoms with E-state index in [1.807, 2.05) is 0 Å². The van der Waals surface area contributed by atoms with E-state index < -0.39 is 0 Å². The van der Waals surface area contributed by atoms with E-state index >= 15 is 0 Å². The Morgan fingerprint density at radius 3 is 2.64 bits per heavy atom. The van der Waals surface area contributed by atoms with Crippen molar-refractivity contribution in [1.82, 2.24) is 0 Å². The SMILES string of the molecule is CCOc1cc(/C=C/C(=O)c2ccccc2Cl)cc(Cl)c1O. The molecule has 0 atom stereocenters. The number of carbonyl (C=O) groups excluding carboxylic acids is 1. The summed E-state index contributed by atoms with van der Waals surface area (Å²) in [5.74, 6) is -0.0503. The summed E-state index contributed by atoms with van der Waals surface area (Å²) in [5, 5.41) is 10.3. The molecule has 0 amide bonds. The van der Waals surface area contributed by atoms with Crippen LogP contribution in [0, 0.1) is 0 Å². The first-order valence-corrected chi connectivity index (χ1v) is 7.40. The van der Waals surface area contributed by atoms with Gasteiger partial charge in [0.05, 0.1) is 16.7 Å². The standard InChI is InChI=1S/C17H14Cl2O3/c1-2-22-16-10-11(9-14(19)17(16)21)7-8-15(20)12-5-3-4-6-13(12)18/h3-10,21H,2H2,1H3/b8-7+. The Bertz CT molecular complexity index is 724. The maximum Gasteiger partial charge on any atom is 0.187 e. The summed E-state index contributed by atoms with van der Waals surface area (Å²) in [6, 6.07) is 9.99. The third kappa shape index (κ3) is 3.81. The fourth-order valence-corrected chi connectivity index (χ4v) is 2.33. The summed E-state index contributed by atoms with van der Waals surface area (Å²) < 4.78 is 5.29. The van der Waals surface area contributed by atoms with Crippen molar-refractivity contribution in [1.29, 1.82) is 0 Å². The number of halogens is 2. The highest BCUT2D eigenvalue weighted by Crippen LogP contribution is 2.35. The summed E-state index contributed by atoms with van der Waals surface area (Å²) in [6.45, 7) is 2.20. The van der Waals surface area contributed by atoms with Gasteiger partial charge in [-0.25, -0.2) is 0 Å². The van der Waals surface area contributed by atoms with Crippen molar-refractivity contribution in [3.63, 3.8) is 0 Å². The molecule has 5 heteroatoms. The Morgan fingerprint density at radius 1 is 1.23 bits per heavy atom. The number of ketones is 1. The highest BCUT2D eigenvalue weighted by Gasteiger charge is 2.09. The molecule has 2 aromatic rings. The molecule has 1 N–H and O–H groups in total. The first-order chi connectivity index (χ1) is 10.5. The first-order valence-electron chi connectivity index (χ1n) is 6.65. The highest BCUT2D eigenvalue weighted by atomic mass is 35.5. The lowest BCUT2D eigenvalue weighted by molar-refractivity contribution is 0.104. The number of phenols is 1. The minimum absolute atomic E-state index is 0.113. The van der Waals surface area contributed by atoms with Crippen molar-refractivity contribution in [2.75, 3.05) is 6.61 Å². The molecule has 114 valence electrons. The van der Waals surface area contributed by atoms with Crippen LogP contribution in [-0.4, -0.2) is 17.5 Å². The third-order valence-corrected chi connectivity index (χ3v) is 3.53. The minimum Gasteiger partial charge on any atom is -0.503 e. The molecule has 0 aliphatic carbocycles. The van der Waals surface area contributed by atoms with E-state index in [0.29, 0.717) is 22.8 Å². The fraction of sp³-hybridized carbons (Fsp3) is 0.118. The molecular formula is C17H14Cl2O3. The molecule has 0 unspecified atom stereocenters. The number of carbonyl (C=O) groups is 1. The van der Waals surface area contributed by atoms with Crippen molar-refractivity contribution < 1.29 is 14.6 Å². The van der Waals surface area contributed by atoms with Crippen LogP contribution in [0.5, 0.6) is 11.5 Å². The fourth-order valence-electron chi connectivity index (χ4n) is 1.88. The van der Waals surface area contributed by atoms with Crippen LogP contribution in [0.25, 0.3) is 6.08 Å². The zero-order chi connectivity index (χ0) is 16.1. The van der Waals surface area contributed by atoms with Crippen LogP contribution in [-0.2, 0) is 0 Å². The zero-order valence-corrected chi connectivity index (χ0v) is 13.4. The van der Waals surface area contributed by atoms with E-state index in [9.17, 15) is 9.90 Å². The molecule has 0 saturated carbocycles. The van der Waals surface area contributed by atoms with Crippen molar-refractivity contribution in [2.45, 2.75) is 6.92 Å². The molecule has 0 saturated heterocycles. The molecule has 0 aliphatic rings. The molecule has 2 aromatic carbocycles. The second-order valence-corrected chi connectivity index (χ2v) is 5.27. The maximum absolute atomic E-state index is 12.1. The number of aromatic hydroxyl groups is 1. The molecule has 0 heterocycles. The summed E-state index contributed by atoms with van der Waals surface area (Å²) in [7, 11) is 0. The summed E-state index contributed by atoms with van der Waals surface area (Å²) >= 11 is 11.9. The summed E-state index contributed by atoms with van der Waals surface area (Å²) in [5.41, 5.74) is 1.07. The Kier molecular flexibility index (Phi) is 5.47. The van der Waals surface area contributed by atoms with Crippen molar-refractivity contribution in [3.05, 3.63) is 63.6 Å². The topological polar surface area (TPSA) is 46.5 Å². The number of rotatable bonds is 5. The smallest absolute Gasteiger partial charge is 0.187 e. The van der Waals surface area contributed by atoms with Gasteiger partial charge in [-0.2, -0.15) is 0 Å². The lowest BCUT2D eigenvalue weighted by Crippen LogP contribution is -1.95. The average Bonchev–Trinajstić information content (AvgIpc) is 2.50. The molecule has 0 aromatic heterocycles. The monoisotopic (exact) mass is 336 g/mol. The molecule has 0 fully saturated rings. The van der Waals surface area contributed by atoms with E-state index in [0.717, 1.165) is 0 Å². The van der Waals surface area contributed by atoms with Crippen LogP contribution >= 0.6 is 23.2 Å². The number of hydrogen-bond donors (Lipinski definition) is 1. The third-order valence-electron chi connectivity index (χ3n) is 2.92. The van der Waals surface area contributed by atoms with Crippen LogP contribution in [0.2, 0.25) is 10.0 Å². The molecule has 2 rings (SSSR count). The molecule has 0 bridgehead atoms. The van der Waals surface area contributed by atoms with Gasteiger partial charge in [0, 0.05) is 5.56 Å². The number of allylic oxidation sites excluding steroid dienone is 1.